The second-order valence-corrected chi connectivity index (χ2v) is 4.17. The van der Waals surface area contributed by atoms with Crippen molar-refractivity contribution in [3.63, 3.8) is 0 Å². The number of rotatable bonds is 2. The summed E-state index contributed by atoms with van der Waals surface area (Å²) in [7, 11) is 0. The predicted molar refractivity (Wildman–Crippen MR) is 55.7 cm³/mol. The molecule has 15 heavy (non-hydrogen) atoms. The molecule has 6 nitrogen and oxygen atoms in total. The summed E-state index contributed by atoms with van der Waals surface area (Å²) in [4.78, 5) is 13.4. The van der Waals surface area contributed by atoms with E-state index in [0.717, 1.165) is 24.4 Å². The van der Waals surface area contributed by atoms with E-state index in [1.807, 2.05) is 0 Å². The van der Waals surface area contributed by atoms with Gasteiger partial charge in [-0.2, -0.15) is 0 Å². The highest BCUT2D eigenvalue weighted by Crippen LogP contribution is 2.18. The fourth-order valence-corrected chi connectivity index (χ4v) is 2.10. The number of carbonyl (C=O) groups is 1. The van der Waals surface area contributed by atoms with Crippen LogP contribution in [-0.4, -0.2) is 44.8 Å². The average Bonchev–Trinajstić information content (AvgIpc) is 2.86. The Kier molecular flexibility index (Phi) is 3.12. The molecule has 1 aliphatic rings. The summed E-state index contributed by atoms with van der Waals surface area (Å²) in [5, 5.41) is 16.0. The summed E-state index contributed by atoms with van der Waals surface area (Å²) in [6.07, 6.45) is 3.32. The topological polar surface area (TPSA) is 78.4 Å². The number of nitrogens with zero attached hydrogens (tertiary/aromatic N) is 3. The van der Waals surface area contributed by atoms with Crippen molar-refractivity contribution in [2.24, 2.45) is 0 Å². The van der Waals surface area contributed by atoms with Crippen molar-refractivity contribution in [2.45, 2.75) is 18.9 Å². The van der Waals surface area contributed by atoms with Crippen LogP contribution in [0, 0.1) is 0 Å². The molecule has 1 unspecified atom stereocenters. The standard InChI is InChI=1S/C8H12N4O2S/c13-5-6-2-1-3-12(6)8(14)10-7-4-9-11-15-7/h4,6,13H,1-3,5H2,(H,10,14). The predicted octanol–water partition coefficient (Wildman–Crippen LogP) is 0.527. The summed E-state index contributed by atoms with van der Waals surface area (Å²) in [6, 6.07) is -0.233. The van der Waals surface area contributed by atoms with Crippen molar-refractivity contribution in [3.05, 3.63) is 6.20 Å². The number of likely N-dealkylation sites (tertiary alicyclic amines) is 1. The third kappa shape index (κ3) is 2.24. The lowest BCUT2D eigenvalue weighted by molar-refractivity contribution is 0.166. The second-order valence-electron chi connectivity index (χ2n) is 3.38. The summed E-state index contributed by atoms with van der Waals surface area (Å²) in [6.45, 7) is 0.720. The molecule has 1 aliphatic heterocycles. The van der Waals surface area contributed by atoms with E-state index in [0.29, 0.717) is 11.5 Å². The van der Waals surface area contributed by atoms with Crippen molar-refractivity contribution in [2.75, 3.05) is 18.5 Å². The van der Waals surface area contributed by atoms with Crippen LogP contribution >= 0.6 is 11.5 Å². The van der Waals surface area contributed by atoms with Gasteiger partial charge in [0.1, 0.15) is 5.00 Å². The van der Waals surface area contributed by atoms with Crippen LogP contribution in [0.3, 0.4) is 0 Å². The zero-order valence-corrected chi connectivity index (χ0v) is 8.90. The number of amides is 2. The van der Waals surface area contributed by atoms with Gasteiger partial charge in [0.25, 0.3) is 0 Å². The van der Waals surface area contributed by atoms with Gasteiger partial charge in [0.15, 0.2) is 0 Å². The van der Waals surface area contributed by atoms with Crippen LogP contribution in [0.1, 0.15) is 12.8 Å². The first kappa shape index (κ1) is 10.3. The van der Waals surface area contributed by atoms with Crippen LogP contribution in [0.2, 0.25) is 0 Å². The largest absolute Gasteiger partial charge is 0.394 e. The van der Waals surface area contributed by atoms with Gasteiger partial charge in [0, 0.05) is 18.1 Å². The van der Waals surface area contributed by atoms with Crippen molar-refractivity contribution < 1.29 is 9.90 Å². The van der Waals surface area contributed by atoms with Crippen LogP contribution in [0.25, 0.3) is 0 Å². The molecule has 2 amide bonds. The molecule has 0 spiro atoms. The molecule has 0 aliphatic carbocycles. The first-order valence-electron chi connectivity index (χ1n) is 4.77. The molecule has 1 aromatic rings. The SMILES string of the molecule is O=C(Nc1cnns1)N1CCCC1CO. The maximum Gasteiger partial charge on any atom is 0.322 e. The molecule has 1 aromatic heterocycles. The monoisotopic (exact) mass is 228 g/mol. The molecule has 2 heterocycles. The van der Waals surface area contributed by atoms with Crippen LogP contribution in [0.15, 0.2) is 6.20 Å². The number of aromatic nitrogens is 2. The third-order valence-corrected chi connectivity index (χ3v) is 3.02. The van der Waals surface area contributed by atoms with E-state index in [2.05, 4.69) is 14.9 Å². The normalized spacial score (nSPS) is 20.6. The molecule has 1 fully saturated rings. The van der Waals surface area contributed by atoms with E-state index in [1.54, 1.807) is 4.90 Å². The van der Waals surface area contributed by atoms with Crippen molar-refractivity contribution >= 4 is 22.6 Å². The fourth-order valence-electron chi connectivity index (χ4n) is 1.69. The number of urea groups is 1. The minimum Gasteiger partial charge on any atom is -0.394 e. The van der Waals surface area contributed by atoms with Crippen molar-refractivity contribution in [1.82, 2.24) is 14.5 Å². The number of aliphatic hydroxyl groups is 1. The van der Waals surface area contributed by atoms with E-state index in [1.165, 1.54) is 6.20 Å². The van der Waals surface area contributed by atoms with Crippen LogP contribution in [0.5, 0.6) is 0 Å². The maximum atomic E-state index is 11.7. The van der Waals surface area contributed by atoms with Gasteiger partial charge in [-0.15, -0.1) is 5.10 Å². The quantitative estimate of drug-likeness (QED) is 0.773. The summed E-state index contributed by atoms with van der Waals surface area (Å²) in [5.41, 5.74) is 0. The minimum absolute atomic E-state index is 0.0222. The number of hydrogen-bond acceptors (Lipinski definition) is 5. The van der Waals surface area contributed by atoms with E-state index in [4.69, 9.17) is 5.11 Å². The van der Waals surface area contributed by atoms with Gasteiger partial charge < -0.3 is 10.0 Å². The van der Waals surface area contributed by atoms with Crippen LogP contribution in [-0.2, 0) is 0 Å². The number of anilines is 1. The van der Waals surface area contributed by atoms with Gasteiger partial charge in [-0.3, -0.25) is 5.32 Å². The highest BCUT2D eigenvalue weighted by Gasteiger charge is 2.28. The number of carbonyl (C=O) groups excluding carboxylic acids is 1. The number of hydrogen-bond donors (Lipinski definition) is 2. The molecule has 1 saturated heterocycles. The van der Waals surface area contributed by atoms with E-state index >= 15 is 0 Å². The Morgan fingerprint density at radius 3 is 3.33 bits per heavy atom. The van der Waals surface area contributed by atoms with Gasteiger partial charge in [-0.1, -0.05) is 4.49 Å². The third-order valence-electron chi connectivity index (χ3n) is 2.44. The first-order chi connectivity index (χ1) is 7.31. The number of aliphatic hydroxyl groups excluding tert-OH is 1. The Morgan fingerprint density at radius 2 is 2.67 bits per heavy atom. The Balaban J connectivity index is 1.96. The molecular weight excluding hydrogens is 216 g/mol. The lowest BCUT2D eigenvalue weighted by Crippen LogP contribution is -2.40. The van der Waals surface area contributed by atoms with E-state index < -0.39 is 0 Å². The molecule has 0 aromatic carbocycles. The van der Waals surface area contributed by atoms with Gasteiger partial charge in [0.05, 0.1) is 18.8 Å². The lowest BCUT2D eigenvalue weighted by atomic mass is 10.2. The van der Waals surface area contributed by atoms with Gasteiger partial charge in [0.2, 0.25) is 0 Å². The maximum absolute atomic E-state index is 11.7. The summed E-state index contributed by atoms with van der Waals surface area (Å²) >= 11 is 1.14. The van der Waals surface area contributed by atoms with Crippen LogP contribution < -0.4 is 5.32 Å². The first-order valence-corrected chi connectivity index (χ1v) is 5.54. The van der Waals surface area contributed by atoms with Crippen molar-refractivity contribution in [3.8, 4) is 0 Å². The molecule has 7 heteroatoms. The average molecular weight is 228 g/mol. The smallest absolute Gasteiger partial charge is 0.322 e. The Hall–Kier alpha value is -1.21. The van der Waals surface area contributed by atoms with Gasteiger partial charge >= 0.3 is 6.03 Å². The van der Waals surface area contributed by atoms with Crippen LogP contribution in [0.4, 0.5) is 9.80 Å². The van der Waals surface area contributed by atoms with Crippen molar-refractivity contribution in [1.29, 1.82) is 0 Å². The molecular formula is C8H12N4O2S. The van der Waals surface area contributed by atoms with Gasteiger partial charge in [-0.25, -0.2) is 4.79 Å². The highest BCUT2D eigenvalue weighted by molar-refractivity contribution is 7.10. The summed E-state index contributed by atoms with van der Waals surface area (Å²) in [5.74, 6) is 0. The Bertz CT molecular complexity index is 329. The lowest BCUT2D eigenvalue weighted by Gasteiger charge is -2.22. The van der Waals surface area contributed by atoms with Gasteiger partial charge in [-0.05, 0) is 12.8 Å². The molecule has 0 radical (unpaired) electrons. The Morgan fingerprint density at radius 1 is 1.80 bits per heavy atom. The molecule has 2 rings (SSSR count). The Labute approximate surface area is 91.1 Å². The number of nitrogens with one attached hydrogen (secondary N) is 1. The fraction of sp³-hybridized carbons (Fsp3) is 0.625. The minimum atomic E-state index is -0.183. The van der Waals surface area contributed by atoms with E-state index in [-0.39, 0.29) is 18.7 Å². The molecule has 82 valence electrons. The van der Waals surface area contributed by atoms with E-state index in [9.17, 15) is 4.79 Å². The zero-order chi connectivity index (χ0) is 10.7. The zero-order valence-electron chi connectivity index (χ0n) is 8.09. The molecule has 2 N–H and O–H groups in total. The highest BCUT2D eigenvalue weighted by atomic mass is 32.1. The molecule has 1 atom stereocenters. The second kappa shape index (κ2) is 4.54. The summed E-state index contributed by atoms with van der Waals surface area (Å²) < 4.78 is 3.65. The molecule has 0 bridgehead atoms. The molecule has 0 saturated carbocycles.